The third-order valence-corrected chi connectivity index (χ3v) is 3.88. The Kier molecular flexibility index (Phi) is 4.29. The van der Waals surface area contributed by atoms with Gasteiger partial charge in [-0.25, -0.2) is 4.79 Å². The zero-order valence-electron chi connectivity index (χ0n) is 13.0. The quantitative estimate of drug-likeness (QED) is 0.801. The molecule has 2 aromatic rings. The average molecular weight is 306 g/mol. The number of benzene rings is 2. The number of ether oxygens (including phenoxy) is 2. The first-order valence-corrected chi connectivity index (χ1v) is 7.47. The van der Waals surface area contributed by atoms with Gasteiger partial charge in [-0.3, -0.25) is 0 Å². The molecule has 0 saturated carbocycles. The van der Waals surface area contributed by atoms with Crippen LogP contribution in [0.5, 0.6) is 0 Å². The van der Waals surface area contributed by atoms with Crippen LogP contribution in [0.15, 0.2) is 84.1 Å². The molecular weight excluding hydrogens is 288 g/mol. The lowest BCUT2D eigenvalue weighted by Gasteiger charge is -2.14. The molecule has 1 aliphatic rings. The summed E-state index contributed by atoms with van der Waals surface area (Å²) in [4.78, 5) is 12.2. The fourth-order valence-electron chi connectivity index (χ4n) is 2.74. The van der Waals surface area contributed by atoms with Gasteiger partial charge < -0.3 is 9.47 Å². The largest absolute Gasteiger partial charge is 0.484 e. The van der Waals surface area contributed by atoms with Gasteiger partial charge >= 0.3 is 5.97 Å². The lowest BCUT2D eigenvalue weighted by Crippen LogP contribution is -2.08. The van der Waals surface area contributed by atoms with Gasteiger partial charge in [-0.1, -0.05) is 67.2 Å². The highest BCUT2D eigenvalue weighted by Crippen LogP contribution is 2.41. The molecule has 3 rings (SSSR count). The van der Waals surface area contributed by atoms with Gasteiger partial charge in [0.2, 0.25) is 0 Å². The van der Waals surface area contributed by atoms with Crippen molar-refractivity contribution < 1.29 is 14.3 Å². The van der Waals surface area contributed by atoms with Gasteiger partial charge in [-0.15, -0.1) is 0 Å². The second-order valence-electron chi connectivity index (χ2n) is 5.39. The minimum absolute atomic E-state index is 0.344. The van der Waals surface area contributed by atoms with Crippen molar-refractivity contribution >= 4 is 5.97 Å². The standard InChI is InChI=1S/C20H18O3/c1-14-18(20(21)22-2)17(13-15-9-5-3-6-10-15)23-19(14)16-11-7-4-8-12-16/h3-12,19H,1,13H2,2H3/t19-/m1/s1. The smallest absolute Gasteiger partial charge is 0.341 e. The van der Waals surface area contributed by atoms with Crippen LogP contribution in [0, 0.1) is 0 Å². The maximum absolute atomic E-state index is 12.2. The van der Waals surface area contributed by atoms with Crippen LogP contribution in [-0.2, 0) is 20.7 Å². The molecule has 0 spiro atoms. The molecule has 1 aliphatic heterocycles. The average Bonchev–Trinajstić information content (AvgIpc) is 2.92. The fourth-order valence-corrected chi connectivity index (χ4v) is 2.74. The van der Waals surface area contributed by atoms with Crippen molar-refractivity contribution in [2.45, 2.75) is 12.5 Å². The number of rotatable bonds is 4. The summed E-state index contributed by atoms with van der Waals surface area (Å²) in [6.45, 7) is 4.07. The molecule has 0 radical (unpaired) electrons. The molecule has 0 aliphatic carbocycles. The van der Waals surface area contributed by atoms with E-state index in [9.17, 15) is 4.79 Å². The highest BCUT2D eigenvalue weighted by atomic mass is 16.5. The van der Waals surface area contributed by atoms with E-state index >= 15 is 0 Å². The van der Waals surface area contributed by atoms with E-state index in [4.69, 9.17) is 9.47 Å². The Hall–Kier alpha value is -2.81. The third kappa shape index (κ3) is 3.04. The Bertz CT molecular complexity index is 745. The van der Waals surface area contributed by atoms with E-state index in [0.29, 0.717) is 23.3 Å². The van der Waals surface area contributed by atoms with Gasteiger partial charge in [-0.05, 0) is 11.1 Å². The second-order valence-corrected chi connectivity index (χ2v) is 5.39. The summed E-state index contributed by atoms with van der Waals surface area (Å²) in [6, 6.07) is 19.7. The molecular formula is C20H18O3. The van der Waals surface area contributed by atoms with Crippen LogP contribution in [0.2, 0.25) is 0 Å². The summed E-state index contributed by atoms with van der Waals surface area (Å²) >= 11 is 0. The molecule has 0 unspecified atom stereocenters. The van der Waals surface area contributed by atoms with E-state index in [2.05, 4.69) is 6.58 Å². The minimum atomic E-state index is -0.403. The Balaban J connectivity index is 1.94. The zero-order valence-corrected chi connectivity index (χ0v) is 13.0. The first kappa shape index (κ1) is 15.1. The molecule has 0 aromatic heterocycles. The maximum Gasteiger partial charge on any atom is 0.341 e. The zero-order chi connectivity index (χ0) is 16.2. The Morgan fingerprint density at radius 2 is 1.70 bits per heavy atom. The minimum Gasteiger partial charge on any atom is -0.484 e. The number of carbonyl (C=O) groups excluding carboxylic acids is 1. The predicted octanol–water partition coefficient (Wildman–Crippen LogP) is 3.98. The molecule has 3 heteroatoms. The number of allylic oxidation sites excluding steroid dienone is 1. The first-order valence-electron chi connectivity index (χ1n) is 7.47. The van der Waals surface area contributed by atoms with Gasteiger partial charge in [0.25, 0.3) is 0 Å². The van der Waals surface area contributed by atoms with Gasteiger partial charge in [0.05, 0.1) is 7.11 Å². The molecule has 116 valence electrons. The number of esters is 1. The Morgan fingerprint density at radius 3 is 2.30 bits per heavy atom. The molecule has 2 aromatic carbocycles. The van der Waals surface area contributed by atoms with Crippen LogP contribution >= 0.6 is 0 Å². The molecule has 3 nitrogen and oxygen atoms in total. The molecule has 0 bridgehead atoms. The van der Waals surface area contributed by atoms with Gasteiger partial charge in [0, 0.05) is 12.0 Å². The number of hydrogen-bond donors (Lipinski definition) is 0. The van der Waals surface area contributed by atoms with Crippen molar-refractivity contribution in [2.75, 3.05) is 7.11 Å². The molecule has 0 amide bonds. The molecule has 1 heterocycles. The Morgan fingerprint density at radius 1 is 1.09 bits per heavy atom. The monoisotopic (exact) mass is 306 g/mol. The summed E-state index contributed by atoms with van der Waals surface area (Å²) in [5.74, 6) is 0.210. The van der Waals surface area contributed by atoms with Crippen LogP contribution in [0.25, 0.3) is 0 Å². The molecule has 0 saturated heterocycles. The van der Waals surface area contributed by atoms with Crippen molar-refractivity contribution in [1.82, 2.24) is 0 Å². The van der Waals surface area contributed by atoms with Gasteiger partial charge in [0.15, 0.2) is 0 Å². The molecule has 23 heavy (non-hydrogen) atoms. The van der Waals surface area contributed by atoms with E-state index in [0.717, 1.165) is 11.1 Å². The van der Waals surface area contributed by atoms with Crippen molar-refractivity contribution in [3.8, 4) is 0 Å². The van der Waals surface area contributed by atoms with Crippen LogP contribution in [0.4, 0.5) is 0 Å². The predicted molar refractivity (Wildman–Crippen MR) is 88.6 cm³/mol. The Labute approximate surface area is 135 Å². The third-order valence-electron chi connectivity index (χ3n) is 3.88. The number of methoxy groups -OCH3 is 1. The van der Waals surface area contributed by atoms with E-state index in [1.165, 1.54) is 7.11 Å². The topological polar surface area (TPSA) is 35.5 Å². The van der Waals surface area contributed by atoms with Crippen molar-refractivity contribution in [3.05, 3.63) is 95.3 Å². The van der Waals surface area contributed by atoms with Gasteiger partial charge in [-0.2, -0.15) is 0 Å². The number of carbonyl (C=O) groups is 1. The SMILES string of the molecule is C=C1C(C(=O)OC)=C(Cc2ccccc2)O[C@H]1c1ccccc1. The molecule has 0 fully saturated rings. The summed E-state index contributed by atoms with van der Waals surface area (Å²) in [7, 11) is 1.37. The second kappa shape index (κ2) is 6.53. The maximum atomic E-state index is 12.2. The summed E-state index contributed by atoms with van der Waals surface area (Å²) in [6.07, 6.45) is 0.192. The van der Waals surface area contributed by atoms with E-state index in [1.807, 2.05) is 60.7 Å². The van der Waals surface area contributed by atoms with Crippen molar-refractivity contribution in [3.63, 3.8) is 0 Å². The highest BCUT2D eigenvalue weighted by Gasteiger charge is 2.35. The van der Waals surface area contributed by atoms with Crippen LogP contribution < -0.4 is 0 Å². The van der Waals surface area contributed by atoms with Gasteiger partial charge in [0.1, 0.15) is 17.4 Å². The fraction of sp³-hybridized carbons (Fsp3) is 0.150. The van der Waals surface area contributed by atoms with Crippen molar-refractivity contribution in [2.24, 2.45) is 0 Å². The van der Waals surface area contributed by atoms with Crippen LogP contribution in [0.3, 0.4) is 0 Å². The summed E-state index contributed by atoms with van der Waals surface area (Å²) in [5.41, 5.74) is 3.14. The van der Waals surface area contributed by atoms with E-state index in [-0.39, 0.29) is 6.10 Å². The molecule has 0 N–H and O–H groups in total. The lowest BCUT2D eigenvalue weighted by atomic mass is 9.97. The van der Waals surface area contributed by atoms with Crippen LogP contribution in [-0.4, -0.2) is 13.1 Å². The summed E-state index contributed by atoms with van der Waals surface area (Å²) < 4.78 is 11.0. The van der Waals surface area contributed by atoms with Crippen molar-refractivity contribution in [1.29, 1.82) is 0 Å². The number of hydrogen-bond acceptors (Lipinski definition) is 3. The summed E-state index contributed by atoms with van der Waals surface area (Å²) in [5, 5.41) is 0. The molecule has 1 atom stereocenters. The van der Waals surface area contributed by atoms with E-state index < -0.39 is 5.97 Å². The first-order chi connectivity index (χ1) is 11.2. The highest BCUT2D eigenvalue weighted by molar-refractivity contribution is 5.95. The normalized spacial score (nSPS) is 17.1. The lowest BCUT2D eigenvalue weighted by molar-refractivity contribution is -0.135. The van der Waals surface area contributed by atoms with E-state index in [1.54, 1.807) is 0 Å². The van der Waals surface area contributed by atoms with Crippen LogP contribution in [0.1, 0.15) is 17.2 Å².